The van der Waals surface area contributed by atoms with Crippen LogP contribution in [0.4, 0.5) is 5.69 Å². The number of aliphatic hydroxyl groups is 1. The molecule has 1 aliphatic rings. The zero-order valence-corrected chi connectivity index (χ0v) is 19.4. The van der Waals surface area contributed by atoms with E-state index >= 15 is 0 Å². The van der Waals surface area contributed by atoms with E-state index in [0.29, 0.717) is 35.1 Å². The number of amides is 1. The second-order valence-corrected chi connectivity index (χ2v) is 8.78. The fourth-order valence-corrected chi connectivity index (χ4v) is 4.03. The van der Waals surface area contributed by atoms with Gasteiger partial charge in [0, 0.05) is 11.3 Å². The average molecular weight is 458 g/mol. The highest BCUT2D eigenvalue weighted by atomic mass is 16.5. The van der Waals surface area contributed by atoms with Crippen LogP contribution in [-0.4, -0.2) is 28.5 Å². The summed E-state index contributed by atoms with van der Waals surface area (Å²) in [5, 5.41) is 21.0. The van der Waals surface area contributed by atoms with Crippen LogP contribution in [-0.2, 0) is 9.59 Å². The number of Topliss-reactive ketones (excluding diaryl/α,β-unsaturated/α-hetero) is 1. The van der Waals surface area contributed by atoms with Crippen molar-refractivity contribution in [3.8, 4) is 11.5 Å². The van der Waals surface area contributed by atoms with E-state index in [4.69, 9.17) is 4.74 Å². The van der Waals surface area contributed by atoms with Gasteiger partial charge in [-0.2, -0.15) is 0 Å². The van der Waals surface area contributed by atoms with Gasteiger partial charge in [-0.1, -0.05) is 44.2 Å². The number of carbonyl (C=O) groups is 2. The van der Waals surface area contributed by atoms with Crippen LogP contribution >= 0.6 is 0 Å². The maximum atomic E-state index is 13.2. The molecule has 0 aromatic heterocycles. The zero-order chi connectivity index (χ0) is 24.4. The largest absolute Gasteiger partial charge is 0.508 e. The van der Waals surface area contributed by atoms with Gasteiger partial charge in [-0.15, -0.1) is 0 Å². The predicted molar refractivity (Wildman–Crippen MR) is 131 cm³/mol. The van der Waals surface area contributed by atoms with Crippen LogP contribution in [0, 0.1) is 12.8 Å². The van der Waals surface area contributed by atoms with Crippen molar-refractivity contribution in [2.24, 2.45) is 5.92 Å². The number of phenolic OH excluding ortho intramolecular Hbond substituents is 1. The van der Waals surface area contributed by atoms with Crippen molar-refractivity contribution < 1.29 is 24.5 Å². The van der Waals surface area contributed by atoms with E-state index in [-0.39, 0.29) is 17.1 Å². The van der Waals surface area contributed by atoms with E-state index in [2.05, 4.69) is 13.8 Å². The molecule has 0 radical (unpaired) electrons. The Morgan fingerprint density at radius 2 is 1.68 bits per heavy atom. The normalized spacial score (nSPS) is 17.4. The van der Waals surface area contributed by atoms with Crippen LogP contribution in [0.25, 0.3) is 5.76 Å². The Kier molecular flexibility index (Phi) is 6.41. The molecule has 0 saturated carbocycles. The number of anilines is 1. The van der Waals surface area contributed by atoms with Gasteiger partial charge in [0.2, 0.25) is 0 Å². The number of benzene rings is 3. The van der Waals surface area contributed by atoms with E-state index < -0.39 is 17.7 Å². The van der Waals surface area contributed by atoms with Crippen LogP contribution in [0.2, 0.25) is 0 Å². The summed E-state index contributed by atoms with van der Waals surface area (Å²) in [5.74, 6) is -0.616. The number of aliphatic hydroxyl groups excluding tert-OH is 1. The minimum atomic E-state index is -0.847. The summed E-state index contributed by atoms with van der Waals surface area (Å²) in [6.45, 7) is 6.55. The lowest BCUT2D eigenvalue weighted by Crippen LogP contribution is -2.29. The Bertz CT molecular complexity index is 1250. The number of nitrogens with zero attached hydrogens (tertiary/aromatic N) is 1. The molecule has 4 rings (SSSR count). The van der Waals surface area contributed by atoms with Gasteiger partial charge in [-0.05, 0) is 66.4 Å². The van der Waals surface area contributed by atoms with E-state index in [0.717, 1.165) is 5.56 Å². The number of hydrogen-bond donors (Lipinski definition) is 2. The molecule has 1 aliphatic heterocycles. The zero-order valence-electron chi connectivity index (χ0n) is 19.4. The van der Waals surface area contributed by atoms with Crippen molar-refractivity contribution in [3.05, 3.63) is 95.1 Å². The van der Waals surface area contributed by atoms with Crippen molar-refractivity contribution in [2.75, 3.05) is 11.5 Å². The van der Waals surface area contributed by atoms with Gasteiger partial charge in [0.05, 0.1) is 18.2 Å². The van der Waals surface area contributed by atoms with Gasteiger partial charge in [0.1, 0.15) is 17.3 Å². The number of para-hydroxylation sites is 1. The molecule has 34 heavy (non-hydrogen) atoms. The number of carbonyl (C=O) groups excluding carboxylic acids is 2. The summed E-state index contributed by atoms with van der Waals surface area (Å²) in [7, 11) is 0. The maximum Gasteiger partial charge on any atom is 0.300 e. The van der Waals surface area contributed by atoms with Gasteiger partial charge in [-0.3, -0.25) is 14.5 Å². The fraction of sp³-hybridized carbons (Fsp3) is 0.214. The number of phenols is 1. The topological polar surface area (TPSA) is 87.1 Å². The van der Waals surface area contributed by atoms with Crippen molar-refractivity contribution in [1.82, 2.24) is 0 Å². The molecule has 1 saturated heterocycles. The van der Waals surface area contributed by atoms with Crippen molar-refractivity contribution in [1.29, 1.82) is 0 Å². The lowest BCUT2D eigenvalue weighted by Gasteiger charge is -2.25. The first-order valence-electron chi connectivity index (χ1n) is 11.2. The van der Waals surface area contributed by atoms with Gasteiger partial charge < -0.3 is 14.9 Å². The number of rotatable bonds is 6. The molecule has 1 heterocycles. The van der Waals surface area contributed by atoms with Gasteiger partial charge in [0.15, 0.2) is 0 Å². The van der Waals surface area contributed by atoms with Crippen LogP contribution < -0.4 is 9.64 Å². The molecule has 174 valence electrons. The first-order valence-corrected chi connectivity index (χ1v) is 11.2. The van der Waals surface area contributed by atoms with E-state index in [1.165, 1.54) is 17.0 Å². The number of hydrogen-bond acceptors (Lipinski definition) is 5. The van der Waals surface area contributed by atoms with Crippen molar-refractivity contribution >= 4 is 23.1 Å². The number of aryl methyl sites for hydroxylation is 1. The van der Waals surface area contributed by atoms with Crippen LogP contribution in [0.5, 0.6) is 11.5 Å². The summed E-state index contributed by atoms with van der Waals surface area (Å²) in [5.41, 5.74) is 2.36. The van der Waals surface area contributed by atoms with Crippen molar-refractivity contribution in [3.63, 3.8) is 0 Å². The third-order valence-corrected chi connectivity index (χ3v) is 5.71. The monoisotopic (exact) mass is 457 g/mol. The summed E-state index contributed by atoms with van der Waals surface area (Å²) >= 11 is 0. The van der Waals surface area contributed by atoms with Crippen molar-refractivity contribution in [2.45, 2.75) is 26.8 Å². The van der Waals surface area contributed by atoms with E-state index in [1.54, 1.807) is 54.6 Å². The second-order valence-electron chi connectivity index (χ2n) is 8.78. The van der Waals surface area contributed by atoms with E-state index in [9.17, 15) is 19.8 Å². The summed E-state index contributed by atoms with van der Waals surface area (Å²) in [6.07, 6.45) is 0. The van der Waals surface area contributed by atoms with Gasteiger partial charge >= 0.3 is 0 Å². The molecule has 6 nitrogen and oxygen atoms in total. The molecule has 0 bridgehead atoms. The Morgan fingerprint density at radius 1 is 1.00 bits per heavy atom. The second kappa shape index (κ2) is 9.43. The molecule has 0 aliphatic carbocycles. The molecule has 0 spiro atoms. The Balaban J connectivity index is 1.84. The summed E-state index contributed by atoms with van der Waals surface area (Å²) in [6, 6.07) is 19.5. The maximum absolute atomic E-state index is 13.2. The van der Waals surface area contributed by atoms with Crippen LogP contribution in [0.3, 0.4) is 0 Å². The quantitative estimate of drug-likeness (QED) is 0.296. The number of ketones is 1. The highest BCUT2D eigenvalue weighted by Crippen LogP contribution is 2.42. The molecule has 3 aromatic carbocycles. The molecule has 1 unspecified atom stereocenters. The van der Waals surface area contributed by atoms with Gasteiger partial charge in [-0.25, -0.2) is 0 Å². The molecule has 3 aromatic rings. The lowest BCUT2D eigenvalue weighted by molar-refractivity contribution is -0.132. The standard InChI is InChI=1S/C28H27NO5/c1-17(2)16-34-23-14-11-20(15-18(23)3)26(31)24-25(19-9-12-22(30)13-10-19)29(28(33)27(24)32)21-7-5-4-6-8-21/h4-15,17,25,30-31H,16H2,1-3H3/b26-24-. The van der Waals surface area contributed by atoms with Crippen LogP contribution in [0.15, 0.2) is 78.4 Å². The highest BCUT2D eigenvalue weighted by Gasteiger charge is 2.46. The Labute approximate surface area is 198 Å². The lowest BCUT2D eigenvalue weighted by atomic mass is 9.94. The molecule has 6 heteroatoms. The minimum Gasteiger partial charge on any atom is -0.508 e. The van der Waals surface area contributed by atoms with E-state index in [1.807, 2.05) is 13.0 Å². The smallest absolute Gasteiger partial charge is 0.300 e. The molecule has 1 atom stereocenters. The minimum absolute atomic E-state index is 0.00482. The predicted octanol–water partition coefficient (Wildman–Crippen LogP) is 5.36. The average Bonchev–Trinajstić information content (AvgIpc) is 3.09. The molecular weight excluding hydrogens is 430 g/mol. The number of aromatic hydroxyl groups is 1. The molecule has 1 amide bonds. The molecular formula is C28H27NO5. The fourth-order valence-electron chi connectivity index (χ4n) is 4.03. The highest BCUT2D eigenvalue weighted by molar-refractivity contribution is 6.51. The third-order valence-electron chi connectivity index (χ3n) is 5.71. The Hall–Kier alpha value is -4.06. The summed E-state index contributed by atoms with van der Waals surface area (Å²) in [4.78, 5) is 27.7. The van der Waals surface area contributed by atoms with Gasteiger partial charge in [0.25, 0.3) is 11.7 Å². The summed E-state index contributed by atoms with van der Waals surface area (Å²) < 4.78 is 5.82. The number of ether oxygens (including phenoxy) is 1. The SMILES string of the molecule is Cc1cc(/C(O)=C2/C(=O)C(=O)N(c3ccccc3)C2c2ccc(O)cc2)ccc1OCC(C)C. The first kappa shape index (κ1) is 23.1. The molecule has 2 N–H and O–H groups in total. The van der Waals surface area contributed by atoms with Crippen LogP contribution in [0.1, 0.15) is 36.6 Å². The third kappa shape index (κ3) is 4.39. The molecule has 1 fully saturated rings. The Morgan fingerprint density at radius 3 is 2.29 bits per heavy atom. The first-order chi connectivity index (χ1) is 16.3.